The third-order valence-corrected chi connectivity index (χ3v) is 9.18. The number of aromatic nitrogens is 3. The first-order valence-corrected chi connectivity index (χ1v) is 15.5. The topological polar surface area (TPSA) is 142 Å². The number of hydrogen-bond donors (Lipinski definition) is 5. The molecule has 3 aliphatic heterocycles. The molecule has 3 fully saturated rings. The maximum atomic E-state index is 14.0. The highest BCUT2D eigenvalue weighted by Crippen LogP contribution is 2.34. The van der Waals surface area contributed by atoms with Crippen LogP contribution in [0.1, 0.15) is 81.5 Å². The van der Waals surface area contributed by atoms with Crippen LogP contribution in [0.25, 0.3) is 5.65 Å². The number of amides is 1. The molecule has 5 heterocycles. The number of likely N-dealkylation sites (tertiary alicyclic amines) is 1. The summed E-state index contributed by atoms with van der Waals surface area (Å²) in [7, 11) is 0. The number of hydrazine groups is 1. The molecule has 0 radical (unpaired) electrons. The molecule has 41 heavy (non-hydrogen) atoms. The highest BCUT2D eigenvalue weighted by molar-refractivity contribution is 5.79. The maximum Gasteiger partial charge on any atom is 0.226 e. The molecule has 0 saturated carbocycles. The van der Waals surface area contributed by atoms with Crippen LogP contribution in [0.5, 0.6) is 0 Å². The molecule has 2 aromatic rings. The Morgan fingerprint density at radius 1 is 1.12 bits per heavy atom. The minimum absolute atomic E-state index is 0.0103. The lowest BCUT2D eigenvalue weighted by Crippen LogP contribution is -2.51. The molecule has 11 heteroatoms. The normalized spacial score (nSPS) is 30.2. The minimum atomic E-state index is -0.0105. The first kappa shape index (κ1) is 28.0. The molecular weight excluding hydrogens is 516 g/mol. The van der Waals surface area contributed by atoms with Crippen molar-refractivity contribution in [3.63, 3.8) is 0 Å². The predicted octanol–water partition coefficient (Wildman–Crippen LogP) is 2.35. The number of anilines is 1. The largest absolute Gasteiger partial charge is 0.373 e. The Bertz CT molecular complexity index is 1300. The second-order valence-corrected chi connectivity index (χ2v) is 12.2. The zero-order chi connectivity index (χ0) is 28.3. The molecule has 2 aromatic heterocycles. The molecular formula is C30H46N10O. The van der Waals surface area contributed by atoms with Crippen molar-refractivity contribution >= 4 is 17.4 Å². The van der Waals surface area contributed by atoms with Gasteiger partial charge in [0, 0.05) is 67.2 Å². The smallest absolute Gasteiger partial charge is 0.226 e. The number of nitrogens with zero attached hydrogens (tertiary/aromatic N) is 5. The monoisotopic (exact) mass is 562 g/mol. The third kappa shape index (κ3) is 6.22. The van der Waals surface area contributed by atoms with Crippen LogP contribution in [0, 0.1) is 12.8 Å². The first-order valence-electron chi connectivity index (χ1n) is 15.5. The zero-order valence-electron chi connectivity index (χ0n) is 24.3. The molecule has 11 nitrogen and oxygen atoms in total. The maximum absolute atomic E-state index is 14.0. The number of nitrogens with one attached hydrogen (secondary N) is 3. The number of hydrogen-bond acceptors (Lipinski definition) is 9. The number of piperidine rings is 2. The van der Waals surface area contributed by atoms with E-state index in [1.807, 2.05) is 4.52 Å². The Labute approximate surface area is 242 Å². The van der Waals surface area contributed by atoms with E-state index in [9.17, 15) is 4.79 Å². The summed E-state index contributed by atoms with van der Waals surface area (Å²) >= 11 is 0. The van der Waals surface area contributed by atoms with Gasteiger partial charge in [0.2, 0.25) is 5.91 Å². The van der Waals surface area contributed by atoms with Gasteiger partial charge in [-0.3, -0.25) is 16.0 Å². The van der Waals surface area contributed by atoms with Crippen molar-refractivity contribution in [1.29, 1.82) is 0 Å². The van der Waals surface area contributed by atoms with E-state index in [2.05, 4.69) is 57.2 Å². The predicted molar refractivity (Wildman–Crippen MR) is 160 cm³/mol. The molecule has 0 aromatic carbocycles. The molecule has 2 unspecified atom stereocenters. The van der Waals surface area contributed by atoms with Crippen LogP contribution in [0.3, 0.4) is 0 Å². The first-order chi connectivity index (χ1) is 20.0. The standard InChI is InChI=1S/C30H46N10O/c1-20-18-40-28(35-29(20)38-15-12-22(31)19-38)17-25(37-40)26-8-4-5-14-39(26)30(41)21-11-13-33-27(16-21)34-23-6-2-3-7-24(36-32)10-9-23/h6,10,17-18,21-22,26-27,33-34,36H,2-5,7-9,11-16,19,31-32H2,1H3/b23-6-,24-10-/t21?,22-,26-,27?/m0/s1. The van der Waals surface area contributed by atoms with Crippen molar-refractivity contribution in [2.45, 2.75) is 89.4 Å². The second-order valence-electron chi connectivity index (χ2n) is 12.2. The molecule has 0 spiro atoms. The molecule has 1 amide bonds. The van der Waals surface area contributed by atoms with Crippen LogP contribution < -0.4 is 32.5 Å². The number of aryl methyl sites for hydroxylation is 1. The van der Waals surface area contributed by atoms with E-state index in [1.165, 1.54) is 5.70 Å². The summed E-state index contributed by atoms with van der Waals surface area (Å²) in [6, 6.07) is 2.27. The molecule has 222 valence electrons. The number of carbonyl (C=O) groups is 1. The fourth-order valence-electron chi connectivity index (χ4n) is 6.93. The van der Waals surface area contributed by atoms with Gasteiger partial charge in [0.25, 0.3) is 0 Å². The zero-order valence-corrected chi connectivity index (χ0v) is 24.3. The molecule has 4 aliphatic rings. The van der Waals surface area contributed by atoms with Crippen LogP contribution in [-0.2, 0) is 4.79 Å². The molecule has 7 N–H and O–H groups in total. The number of carbonyl (C=O) groups excluding carboxylic acids is 1. The summed E-state index contributed by atoms with van der Waals surface area (Å²) in [6.07, 6.45) is 16.2. The van der Waals surface area contributed by atoms with Gasteiger partial charge in [-0.05, 0) is 71.3 Å². The fraction of sp³-hybridized carbons (Fsp3) is 0.633. The van der Waals surface area contributed by atoms with Gasteiger partial charge in [0.15, 0.2) is 5.65 Å². The van der Waals surface area contributed by atoms with Crippen molar-refractivity contribution in [2.24, 2.45) is 17.5 Å². The lowest BCUT2D eigenvalue weighted by molar-refractivity contribution is -0.141. The lowest BCUT2D eigenvalue weighted by Gasteiger charge is -2.39. The molecule has 3 saturated heterocycles. The van der Waals surface area contributed by atoms with Crippen molar-refractivity contribution in [2.75, 3.05) is 31.1 Å². The van der Waals surface area contributed by atoms with Crippen LogP contribution in [-0.4, -0.2) is 63.8 Å². The second kappa shape index (κ2) is 12.4. The number of fused-ring (bicyclic) bond motifs is 1. The summed E-state index contributed by atoms with van der Waals surface area (Å²) in [4.78, 5) is 23.4. The van der Waals surface area contributed by atoms with E-state index in [-0.39, 0.29) is 30.1 Å². The Hall–Kier alpha value is -3.15. The van der Waals surface area contributed by atoms with E-state index < -0.39 is 0 Å². The van der Waals surface area contributed by atoms with E-state index in [1.54, 1.807) is 0 Å². The highest BCUT2D eigenvalue weighted by atomic mass is 16.2. The molecule has 0 bridgehead atoms. The Morgan fingerprint density at radius 3 is 2.85 bits per heavy atom. The molecule has 4 atom stereocenters. The summed E-state index contributed by atoms with van der Waals surface area (Å²) in [5.74, 6) is 6.91. The Balaban J connectivity index is 1.15. The molecule has 1 aliphatic carbocycles. The summed E-state index contributed by atoms with van der Waals surface area (Å²) < 4.78 is 1.88. The number of nitrogens with two attached hydrogens (primary N) is 2. The van der Waals surface area contributed by atoms with Gasteiger partial charge in [-0.1, -0.05) is 12.2 Å². The van der Waals surface area contributed by atoms with E-state index in [4.69, 9.17) is 21.7 Å². The van der Waals surface area contributed by atoms with E-state index in [0.717, 1.165) is 119 Å². The Kier molecular flexibility index (Phi) is 8.45. The number of allylic oxidation sites excluding steroid dienone is 3. The van der Waals surface area contributed by atoms with Crippen LogP contribution >= 0.6 is 0 Å². The SMILES string of the molecule is Cc1cn2nc([C@@H]3CCCCN3C(=O)C3CCNC(N/C4=C\CCC/C(NN)=C/C4)C3)cc2nc1N1CC[C@H](N)C1. The quantitative estimate of drug-likeness (QED) is 0.265. The van der Waals surface area contributed by atoms with Gasteiger partial charge >= 0.3 is 0 Å². The van der Waals surface area contributed by atoms with Crippen LogP contribution in [0.2, 0.25) is 0 Å². The van der Waals surface area contributed by atoms with Gasteiger partial charge < -0.3 is 26.3 Å². The van der Waals surface area contributed by atoms with Gasteiger partial charge in [-0.15, -0.1) is 0 Å². The average Bonchev–Trinajstić information content (AvgIpc) is 3.59. The van der Waals surface area contributed by atoms with Crippen molar-refractivity contribution < 1.29 is 4.79 Å². The Morgan fingerprint density at radius 2 is 2.02 bits per heavy atom. The van der Waals surface area contributed by atoms with E-state index in [0.29, 0.717) is 0 Å². The van der Waals surface area contributed by atoms with Gasteiger partial charge in [-0.25, -0.2) is 9.50 Å². The summed E-state index contributed by atoms with van der Waals surface area (Å²) in [5, 5.41) is 12.2. The van der Waals surface area contributed by atoms with Crippen LogP contribution in [0.15, 0.2) is 35.8 Å². The average molecular weight is 563 g/mol. The van der Waals surface area contributed by atoms with Gasteiger partial charge in [0.1, 0.15) is 5.82 Å². The van der Waals surface area contributed by atoms with Crippen LogP contribution in [0.4, 0.5) is 5.82 Å². The number of rotatable bonds is 6. The van der Waals surface area contributed by atoms with Crippen molar-refractivity contribution in [1.82, 2.24) is 35.6 Å². The van der Waals surface area contributed by atoms with Crippen molar-refractivity contribution in [3.05, 3.63) is 47.1 Å². The van der Waals surface area contributed by atoms with Gasteiger partial charge in [0.05, 0.1) is 17.9 Å². The fourth-order valence-corrected chi connectivity index (χ4v) is 6.93. The summed E-state index contributed by atoms with van der Waals surface area (Å²) in [5.41, 5.74) is 14.1. The summed E-state index contributed by atoms with van der Waals surface area (Å²) in [6.45, 7) is 5.46. The van der Waals surface area contributed by atoms with Gasteiger partial charge in [-0.2, -0.15) is 5.10 Å². The van der Waals surface area contributed by atoms with E-state index >= 15 is 0 Å². The highest BCUT2D eigenvalue weighted by Gasteiger charge is 2.36. The minimum Gasteiger partial charge on any atom is -0.373 e. The lowest BCUT2D eigenvalue weighted by atomic mass is 9.91. The third-order valence-electron chi connectivity index (χ3n) is 9.18. The van der Waals surface area contributed by atoms with Crippen molar-refractivity contribution in [3.8, 4) is 0 Å². The molecule has 6 rings (SSSR count).